The van der Waals surface area contributed by atoms with E-state index in [2.05, 4.69) is 63.2 Å². The van der Waals surface area contributed by atoms with Crippen LogP contribution in [0.3, 0.4) is 0 Å². The van der Waals surface area contributed by atoms with Crippen LogP contribution in [-0.2, 0) is 12.0 Å². The van der Waals surface area contributed by atoms with Gasteiger partial charge in [-0.25, -0.2) is 0 Å². The number of carbonyl (C=O) groups excluding carboxylic acids is 1. The highest BCUT2D eigenvalue weighted by Crippen LogP contribution is 2.27. The summed E-state index contributed by atoms with van der Waals surface area (Å²) in [5.41, 5.74) is 3.32. The molecule has 0 unspecified atom stereocenters. The summed E-state index contributed by atoms with van der Waals surface area (Å²) < 4.78 is 0. The first kappa shape index (κ1) is 18.2. The van der Waals surface area contributed by atoms with Crippen LogP contribution in [0.2, 0.25) is 0 Å². The molecule has 0 aliphatic heterocycles. The lowest BCUT2D eigenvalue weighted by molar-refractivity contribution is 0.0785. The molecule has 0 N–H and O–H groups in total. The van der Waals surface area contributed by atoms with Crippen LogP contribution in [0.15, 0.2) is 66.7 Å². The molecule has 1 amide bonds. The number of benzene rings is 3. The summed E-state index contributed by atoms with van der Waals surface area (Å²) in [6.07, 6.45) is 1.07. The van der Waals surface area contributed by atoms with Gasteiger partial charge in [0.2, 0.25) is 0 Å². The van der Waals surface area contributed by atoms with E-state index < -0.39 is 0 Å². The average molecular weight is 345 g/mol. The fourth-order valence-corrected chi connectivity index (χ4v) is 3.25. The van der Waals surface area contributed by atoms with E-state index >= 15 is 0 Å². The molecule has 0 aliphatic rings. The quantitative estimate of drug-likeness (QED) is 0.572. The summed E-state index contributed by atoms with van der Waals surface area (Å²) in [5, 5.41) is 2.41. The third kappa shape index (κ3) is 3.65. The average Bonchev–Trinajstić information content (AvgIpc) is 2.67. The van der Waals surface area contributed by atoms with Gasteiger partial charge in [0.25, 0.3) is 5.91 Å². The smallest absolute Gasteiger partial charge is 0.253 e. The van der Waals surface area contributed by atoms with E-state index in [0.29, 0.717) is 6.54 Å². The number of fused-ring (bicyclic) bond motifs is 1. The highest BCUT2D eigenvalue weighted by Gasteiger charge is 2.19. The van der Waals surface area contributed by atoms with Gasteiger partial charge in [-0.3, -0.25) is 4.79 Å². The molecule has 134 valence electrons. The summed E-state index contributed by atoms with van der Waals surface area (Å²) in [7, 11) is 1.87. The van der Waals surface area contributed by atoms with Crippen LogP contribution in [0.1, 0.15) is 48.7 Å². The van der Waals surface area contributed by atoms with E-state index in [1.165, 1.54) is 21.9 Å². The van der Waals surface area contributed by atoms with Gasteiger partial charge < -0.3 is 4.90 Å². The van der Waals surface area contributed by atoms with Crippen LogP contribution in [0.4, 0.5) is 0 Å². The molecule has 0 radical (unpaired) electrons. The molecule has 2 nitrogen and oxygen atoms in total. The molecule has 0 aliphatic carbocycles. The van der Waals surface area contributed by atoms with Gasteiger partial charge in [-0.2, -0.15) is 0 Å². The molecule has 3 aromatic carbocycles. The highest BCUT2D eigenvalue weighted by molar-refractivity contribution is 5.94. The second kappa shape index (κ2) is 7.33. The van der Waals surface area contributed by atoms with Gasteiger partial charge in [-0.1, -0.05) is 75.4 Å². The lowest BCUT2D eigenvalue weighted by atomic mass is 9.82. The van der Waals surface area contributed by atoms with Crippen LogP contribution in [0.25, 0.3) is 10.8 Å². The van der Waals surface area contributed by atoms with Gasteiger partial charge in [0.05, 0.1) is 0 Å². The van der Waals surface area contributed by atoms with Crippen LogP contribution in [0.5, 0.6) is 0 Å². The summed E-state index contributed by atoms with van der Waals surface area (Å²) >= 11 is 0. The molecule has 0 saturated heterocycles. The minimum absolute atomic E-state index is 0.0544. The van der Waals surface area contributed by atoms with Gasteiger partial charge in [-0.05, 0) is 45.9 Å². The van der Waals surface area contributed by atoms with Crippen molar-refractivity contribution in [1.29, 1.82) is 0 Å². The van der Waals surface area contributed by atoms with E-state index in [1.807, 2.05) is 31.3 Å². The molecule has 26 heavy (non-hydrogen) atoms. The van der Waals surface area contributed by atoms with Crippen molar-refractivity contribution in [2.75, 3.05) is 7.05 Å². The number of carbonyl (C=O) groups is 1. The Balaban J connectivity index is 1.79. The van der Waals surface area contributed by atoms with Crippen molar-refractivity contribution in [1.82, 2.24) is 4.90 Å². The molecular weight excluding hydrogens is 318 g/mol. The summed E-state index contributed by atoms with van der Waals surface area (Å²) in [4.78, 5) is 14.6. The Morgan fingerprint density at radius 2 is 1.58 bits per heavy atom. The third-order valence-electron chi connectivity index (χ3n) is 5.43. The van der Waals surface area contributed by atoms with Crippen molar-refractivity contribution in [2.45, 2.75) is 39.2 Å². The Kier molecular flexibility index (Phi) is 5.13. The van der Waals surface area contributed by atoms with Crippen molar-refractivity contribution >= 4 is 16.7 Å². The molecule has 0 bridgehead atoms. The molecule has 0 saturated carbocycles. The monoisotopic (exact) mass is 345 g/mol. The maximum Gasteiger partial charge on any atom is 0.253 e. The second-order valence-electron chi connectivity index (χ2n) is 7.61. The largest absolute Gasteiger partial charge is 0.337 e. The van der Waals surface area contributed by atoms with E-state index in [4.69, 9.17) is 0 Å². The Labute approximate surface area is 156 Å². The van der Waals surface area contributed by atoms with Gasteiger partial charge in [-0.15, -0.1) is 0 Å². The first-order valence-electron chi connectivity index (χ1n) is 9.25. The van der Waals surface area contributed by atoms with E-state index in [1.54, 1.807) is 4.90 Å². The highest BCUT2D eigenvalue weighted by atomic mass is 16.2. The normalized spacial score (nSPS) is 11.5. The SMILES string of the molecule is CCC(C)(C)c1ccc(C(=O)N(C)Cc2cccc3ccccc23)cc1. The zero-order valence-corrected chi connectivity index (χ0v) is 16.1. The minimum atomic E-state index is 0.0544. The van der Waals surface area contributed by atoms with E-state index in [-0.39, 0.29) is 11.3 Å². The maximum absolute atomic E-state index is 12.8. The number of hydrogen-bond donors (Lipinski definition) is 0. The molecule has 0 heterocycles. The van der Waals surface area contributed by atoms with Crippen LogP contribution in [0, 0.1) is 0 Å². The first-order valence-corrected chi connectivity index (χ1v) is 9.25. The van der Waals surface area contributed by atoms with Crippen molar-refractivity contribution in [3.63, 3.8) is 0 Å². The summed E-state index contributed by atoms with van der Waals surface area (Å²) in [5.74, 6) is 0.0544. The number of nitrogens with zero attached hydrogens (tertiary/aromatic N) is 1. The molecule has 3 aromatic rings. The van der Waals surface area contributed by atoms with Crippen LogP contribution < -0.4 is 0 Å². The van der Waals surface area contributed by atoms with Crippen molar-refractivity contribution in [2.24, 2.45) is 0 Å². The Bertz CT molecular complexity index is 904. The Morgan fingerprint density at radius 1 is 0.923 bits per heavy atom. The zero-order chi connectivity index (χ0) is 18.7. The van der Waals surface area contributed by atoms with Crippen LogP contribution >= 0.6 is 0 Å². The fraction of sp³-hybridized carbons (Fsp3) is 0.292. The van der Waals surface area contributed by atoms with Crippen molar-refractivity contribution in [3.05, 3.63) is 83.4 Å². The van der Waals surface area contributed by atoms with Crippen LogP contribution in [-0.4, -0.2) is 17.9 Å². The predicted octanol–water partition coefficient (Wildman–Crippen LogP) is 5.80. The lowest BCUT2D eigenvalue weighted by Gasteiger charge is -2.24. The maximum atomic E-state index is 12.8. The van der Waals surface area contributed by atoms with Gasteiger partial charge in [0.15, 0.2) is 0 Å². The topological polar surface area (TPSA) is 20.3 Å². The Morgan fingerprint density at radius 3 is 2.27 bits per heavy atom. The van der Waals surface area contributed by atoms with E-state index in [0.717, 1.165) is 12.0 Å². The standard InChI is InChI=1S/C24H27NO/c1-5-24(2,3)21-15-13-19(14-16-21)23(26)25(4)17-20-11-8-10-18-9-6-7-12-22(18)20/h6-16H,5,17H2,1-4H3. The number of rotatable bonds is 5. The minimum Gasteiger partial charge on any atom is -0.337 e. The van der Waals surface area contributed by atoms with Gasteiger partial charge in [0, 0.05) is 19.2 Å². The van der Waals surface area contributed by atoms with E-state index in [9.17, 15) is 4.79 Å². The lowest BCUT2D eigenvalue weighted by Crippen LogP contribution is -2.26. The molecule has 0 spiro atoms. The summed E-state index contributed by atoms with van der Waals surface area (Å²) in [6, 6.07) is 22.6. The molecule has 2 heteroatoms. The number of hydrogen-bond acceptors (Lipinski definition) is 1. The molecule has 0 aromatic heterocycles. The molecule has 0 fully saturated rings. The molecule has 0 atom stereocenters. The predicted molar refractivity (Wildman–Crippen MR) is 110 cm³/mol. The zero-order valence-electron chi connectivity index (χ0n) is 16.1. The van der Waals surface area contributed by atoms with Gasteiger partial charge >= 0.3 is 0 Å². The number of amides is 1. The molecular formula is C24H27NO. The summed E-state index contributed by atoms with van der Waals surface area (Å²) in [6.45, 7) is 7.26. The third-order valence-corrected chi connectivity index (χ3v) is 5.43. The van der Waals surface area contributed by atoms with Crippen molar-refractivity contribution in [3.8, 4) is 0 Å². The fourth-order valence-electron chi connectivity index (χ4n) is 3.25. The Hall–Kier alpha value is -2.61. The van der Waals surface area contributed by atoms with Crippen molar-refractivity contribution < 1.29 is 4.79 Å². The van der Waals surface area contributed by atoms with Gasteiger partial charge in [0.1, 0.15) is 0 Å². The molecule has 3 rings (SSSR count). The second-order valence-corrected chi connectivity index (χ2v) is 7.61. The first-order chi connectivity index (χ1) is 12.4.